The van der Waals surface area contributed by atoms with Crippen LogP contribution >= 0.6 is 0 Å². The number of nitrogens with zero attached hydrogens (tertiary/aromatic N) is 3. The molecule has 1 atom stereocenters. The molecule has 2 fully saturated rings. The monoisotopic (exact) mass is 338 g/mol. The Morgan fingerprint density at radius 3 is 2.56 bits per heavy atom. The first-order valence-electron chi connectivity index (χ1n) is 9.19. The topological polar surface area (TPSA) is 50.2 Å². The molecule has 0 spiro atoms. The zero-order valence-electron chi connectivity index (χ0n) is 15.0. The molecule has 1 aromatic heterocycles. The first-order chi connectivity index (χ1) is 12.1. The fourth-order valence-corrected chi connectivity index (χ4v) is 3.83. The number of rotatable bonds is 6. The zero-order valence-corrected chi connectivity index (χ0v) is 15.0. The van der Waals surface area contributed by atoms with Gasteiger partial charge in [0, 0.05) is 18.8 Å². The van der Waals surface area contributed by atoms with Crippen LogP contribution in [-0.2, 0) is 4.79 Å². The first kappa shape index (κ1) is 16.3. The van der Waals surface area contributed by atoms with E-state index in [1.807, 2.05) is 25.1 Å². The molecule has 1 amide bonds. The molecule has 1 N–H and O–H groups in total. The normalized spacial score (nSPS) is 19.4. The Kier molecular flexibility index (Phi) is 4.34. The van der Waals surface area contributed by atoms with Gasteiger partial charge >= 0.3 is 0 Å². The highest BCUT2D eigenvalue weighted by atomic mass is 16.2. The molecule has 132 valence electrons. The number of likely N-dealkylation sites (tertiary alicyclic amines) is 1. The second-order valence-electron chi connectivity index (χ2n) is 7.51. The Bertz CT molecular complexity index is 744. The van der Waals surface area contributed by atoms with Crippen molar-refractivity contribution < 1.29 is 4.79 Å². The Hall–Kier alpha value is -2.14. The summed E-state index contributed by atoms with van der Waals surface area (Å²) in [6, 6.07) is 13.0. The minimum absolute atomic E-state index is 0.132. The number of hydrogen-bond acceptors (Lipinski definition) is 3. The Balaban J connectivity index is 1.30. The van der Waals surface area contributed by atoms with Crippen LogP contribution in [0.4, 0.5) is 0 Å². The lowest BCUT2D eigenvalue weighted by Crippen LogP contribution is -2.52. The summed E-state index contributed by atoms with van der Waals surface area (Å²) in [5.41, 5.74) is 3.48. The largest absolute Gasteiger partial charge is 0.348 e. The molecule has 5 nitrogen and oxygen atoms in total. The highest BCUT2D eigenvalue weighted by Gasteiger charge is 2.35. The van der Waals surface area contributed by atoms with Crippen molar-refractivity contribution in [3.8, 4) is 0 Å². The lowest BCUT2D eigenvalue weighted by Gasteiger charge is -2.39. The molecule has 1 saturated carbocycles. The summed E-state index contributed by atoms with van der Waals surface area (Å²) in [4.78, 5) is 14.7. The molecule has 4 rings (SSSR count). The molecule has 0 bridgehead atoms. The average molecular weight is 338 g/mol. The van der Waals surface area contributed by atoms with E-state index < -0.39 is 0 Å². The van der Waals surface area contributed by atoms with E-state index in [0.29, 0.717) is 18.5 Å². The summed E-state index contributed by atoms with van der Waals surface area (Å²) in [7, 11) is 0. The maximum absolute atomic E-state index is 12.5. The van der Waals surface area contributed by atoms with Crippen molar-refractivity contribution in [3.05, 3.63) is 53.3 Å². The summed E-state index contributed by atoms with van der Waals surface area (Å²) in [5.74, 6) is 0.734. The number of aromatic nitrogens is 2. The Morgan fingerprint density at radius 1 is 1.24 bits per heavy atom. The van der Waals surface area contributed by atoms with E-state index in [4.69, 9.17) is 0 Å². The SMILES string of the molecule is Cc1cc(C)n(C2CN(CC(=O)NC(c3ccccc3)C3CC3)C2)n1. The second-order valence-corrected chi connectivity index (χ2v) is 7.51. The highest BCUT2D eigenvalue weighted by molar-refractivity contribution is 5.78. The molecule has 5 heteroatoms. The van der Waals surface area contributed by atoms with E-state index in [9.17, 15) is 4.79 Å². The Labute approximate surface area is 149 Å². The van der Waals surface area contributed by atoms with E-state index >= 15 is 0 Å². The van der Waals surface area contributed by atoms with Gasteiger partial charge in [-0.1, -0.05) is 30.3 Å². The van der Waals surface area contributed by atoms with Gasteiger partial charge in [-0.05, 0) is 44.2 Å². The molecule has 1 saturated heterocycles. The van der Waals surface area contributed by atoms with Gasteiger partial charge in [0.25, 0.3) is 0 Å². The van der Waals surface area contributed by atoms with Crippen molar-refractivity contribution in [2.45, 2.75) is 38.8 Å². The summed E-state index contributed by atoms with van der Waals surface area (Å²) in [6.07, 6.45) is 2.42. The fourth-order valence-electron chi connectivity index (χ4n) is 3.83. The molecule has 2 heterocycles. The van der Waals surface area contributed by atoms with Crippen molar-refractivity contribution in [1.82, 2.24) is 20.0 Å². The number of carbonyl (C=O) groups is 1. The van der Waals surface area contributed by atoms with Gasteiger partial charge < -0.3 is 5.32 Å². The van der Waals surface area contributed by atoms with Gasteiger partial charge in [0.15, 0.2) is 0 Å². The van der Waals surface area contributed by atoms with E-state index in [2.05, 4.69) is 45.1 Å². The van der Waals surface area contributed by atoms with Crippen LogP contribution < -0.4 is 5.32 Å². The van der Waals surface area contributed by atoms with E-state index in [1.54, 1.807) is 0 Å². The van der Waals surface area contributed by atoms with Crippen molar-refractivity contribution in [2.75, 3.05) is 19.6 Å². The quantitative estimate of drug-likeness (QED) is 0.881. The molecular weight excluding hydrogens is 312 g/mol. The van der Waals surface area contributed by atoms with Crippen molar-refractivity contribution in [1.29, 1.82) is 0 Å². The minimum atomic E-state index is 0.132. The molecule has 2 aliphatic rings. The lowest BCUT2D eigenvalue weighted by molar-refractivity contribution is -0.124. The van der Waals surface area contributed by atoms with E-state index in [0.717, 1.165) is 18.8 Å². The third-order valence-electron chi connectivity index (χ3n) is 5.26. The minimum Gasteiger partial charge on any atom is -0.348 e. The van der Waals surface area contributed by atoms with Gasteiger partial charge in [-0.2, -0.15) is 5.10 Å². The van der Waals surface area contributed by atoms with Gasteiger partial charge in [0.2, 0.25) is 5.91 Å². The number of amides is 1. The van der Waals surface area contributed by atoms with Crippen molar-refractivity contribution in [2.24, 2.45) is 5.92 Å². The summed E-state index contributed by atoms with van der Waals surface area (Å²) in [6.45, 7) is 6.39. The zero-order chi connectivity index (χ0) is 17.4. The van der Waals surface area contributed by atoms with Crippen LogP contribution in [0, 0.1) is 19.8 Å². The number of benzene rings is 1. The fraction of sp³-hybridized carbons (Fsp3) is 0.500. The van der Waals surface area contributed by atoms with Crippen molar-refractivity contribution >= 4 is 5.91 Å². The molecule has 1 aliphatic carbocycles. The lowest BCUT2D eigenvalue weighted by atomic mass is 10.0. The van der Waals surface area contributed by atoms with Crippen LogP contribution in [0.2, 0.25) is 0 Å². The summed E-state index contributed by atoms with van der Waals surface area (Å²) >= 11 is 0. The predicted octanol–water partition coefficient (Wildman–Crippen LogP) is 2.62. The number of nitrogens with one attached hydrogen (secondary N) is 1. The molecule has 2 aromatic rings. The third-order valence-corrected chi connectivity index (χ3v) is 5.26. The summed E-state index contributed by atoms with van der Waals surface area (Å²) < 4.78 is 2.10. The van der Waals surface area contributed by atoms with Gasteiger partial charge in [0.1, 0.15) is 0 Å². The van der Waals surface area contributed by atoms with Gasteiger partial charge in [-0.3, -0.25) is 14.4 Å². The van der Waals surface area contributed by atoms with E-state index in [1.165, 1.54) is 24.1 Å². The van der Waals surface area contributed by atoms with Crippen LogP contribution in [0.5, 0.6) is 0 Å². The van der Waals surface area contributed by atoms with Crippen molar-refractivity contribution in [3.63, 3.8) is 0 Å². The van der Waals surface area contributed by atoms with Crippen LogP contribution in [0.25, 0.3) is 0 Å². The molecular formula is C20H26N4O. The molecule has 1 unspecified atom stereocenters. The third kappa shape index (κ3) is 3.61. The van der Waals surface area contributed by atoms with Crippen LogP contribution in [-0.4, -0.2) is 40.2 Å². The standard InChI is InChI=1S/C20H26N4O/c1-14-10-15(2)24(22-14)18-11-23(12-18)13-19(25)21-20(17-8-9-17)16-6-4-3-5-7-16/h3-7,10,17-18,20H,8-9,11-13H2,1-2H3,(H,21,25). The maximum atomic E-state index is 12.5. The van der Waals surface area contributed by atoms with E-state index in [-0.39, 0.29) is 11.9 Å². The molecule has 0 radical (unpaired) electrons. The van der Waals surface area contributed by atoms with Crippen LogP contribution in [0.1, 0.15) is 41.9 Å². The molecule has 1 aromatic carbocycles. The maximum Gasteiger partial charge on any atom is 0.234 e. The van der Waals surface area contributed by atoms with Gasteiger partial charge in [0.05, 0.1) is 24.3 Å². The number of carbonyl (C=O) groups excluding carboxylic acids is 1. The smallest absolute Gasteiger partial charge is 0.234 e. The molecule has 25 heavy (non-hydrogen) atoms. The van der Waals surface area contributed by atoms with Crippen LogP contribution in [0.3, 0.4) is 0 Å². The first-order valence-corrected chi connectivity index (χ1v) is 9.19. The highest BCUT2D eigenvalue weighted by Crippen LogP contribution is 2.40. The van der Waals surface area contributed by atoms with Crippen LogP contribution in [0.15, 0.2) is 36.4 Å². The second kappa shape index (κ2) is 6.64. The van der Waals surface area contributed by atoms with Gasteiger partial charge in [-0.25, -0.2) is 0 Å². The predicted molar refractivity (Wildman–Crippen MR) is 97.2 cm³/mol. The summed E-state index contributed by atoms with van der Waals surface area (Å²) in [5, 5.41) is 7.82. The van der Waals surface area contributed by atoms with Gasteiger partial charge in [-0.15, -0.1) is 0 Å². The average Bonchev–Trinajstić information content (AvgIpc) is 3.34. The number of hydrogen-bond donors (Lipinski definition) is 1. The Morgan fingerprint density at radius 2 is 1.96 bits per heavy atom. The number of aryl methyl sites for hydroxylation is 2. The molecule has 1 aliphatic heterocycles.